The molecule has 2 amide bonds. The minimum atomic E-state index is 0.0230. The number of hydrogen-bond acceptors (Lipinski definition) is 4. The van der Waals surface area contributed by atoms with Crippen LogP contribution in [-0.4, -0.2) is 50.6 Å². The van der Waals surface area contributed by atoms with Gasteiger partial charge in [0.1, 0.15) is 12.7 Å². The van der Waals surface area contributed by atoms with Gasteiger partial charge in [0.05, 0.1) is 6.54 Å². The number of benzene rings is 1. The fraction of sp³-hybridized carbons (Fsp3) is 0.471. The van der Waals surface area contributed by atoms with Crippen LogP contribution in [0.25, 0.3) is 0 Å². The predicted octanol–water partition coefficient (Wildman–Crippen LogP) is 2.49. The molecule has 3 rings (SSSR count). The standard InChI is InChI=1S/C17H23N5OS/c1-14(9-22-13-18-12-19-22)20-17(23)21-8-7-15(10-21)11-24-16-5-3-2-4-6-16/h2-6,12-15H,7-11H2,1H3,(H,20,23)/t14-,15+/m1/s1. The molecule has 1 saturated heterocycles. The third kappa shape index (κ3) is 4.74. The van der Waals surface area contributed by atoms with Crippen LogP contribution in [0.2, 0.25) is 0 Å². The van der Waals surface area contributed by atoms with Crippen molar-refractivity contribution < 1.29 is 4.79 Å². The summed E-state index contributed by atoms with van der Waals surface area (Å²) in [7, 11) is 0. The number of carbonyl (C=O) groups excluding carboxylic acids is 1. The molecule has 24 heavy (non-hydrogen) atoms. The summed E-state index contributed by atoms with van der Waals surface area (Å²) >= 11 is 1.87. The van der Waals surface area contributed by atoms with Gasteiger partial charge >= 0.3 is 6.03 Å². The summed E-state index contributed by atoms with van der Waals surface area (Å²) < 4.78 is 1.73. The second kappa shape index (κ2) is 8.19. The van der Waals surface area contributed by atoms with Crippen LogP contribution in [0.3, 0.4) is 0 Å². The molecule has 6 nitrogen and oxygen atoms in total. The first kappa shape index (κ1) is 16.8. The maximum absolute atomic E-state index is 12.4. The molecule has 1 N–H and O–H groups in total. The van der Waals surface area contributed by atoms with Gasteiger partial charge in [0.2, 0.25) is 0 Å². The zero-order valence-electron chi connectivity index (χ0n) is 13.8. The van der Waals surface area contributed by atoms with Gasteiger partial charge in [0.15, 0.2) is 0 Å². The Morgan fingerprint density at radius 1 is 1.42 bits per heavy atom. The SMILES string of the molecule is C[C@H](Cn1cncn1)NC(=O)N1CC[C@H](CSc2ccccc2)C1. The van der Waals surface area contributed by atoms with Crippen LogP contribution in [0.4, 0.5) is 4.79 Å². The van der Waals surface area contributed by atoms with Gasteiger partial charge in [-0.3, -0.25) is 4.68 Å². The molecule has 0 saturated carbocycles. The monoisotopic (exact) mass is 345 g/mol. The largest absolute Gasteiger partial charge is 0.334 e. The Kier molecular flexibility index (Phi) is 5.74. The van der Waals surface area contributed by atoms with Gasteiger partial charge < -0.3 is 10.2 Å². The maximum Gasteiger partial charge on any atom is 0.317 e. The number of rotatable bonds is 6. The van der Waals surface area contributed by atoms with E-state index in [0.717, 1.165) is 25.3 Å². The Labute approximate surface area is 146 Å². The van der Waals surface area contributed by atoms with Crippen molar-refractivity contribution >= 4 is 17.8 Å². The normalized spacial score (nSPS) is 18.5. The number of nitrogens with zero attached hydrogens (tertiary/aromatic N) is 4. The molecule has 0 radical (unpaired) electrons. The van der Waals surface area contributed by atoms with E-state index in [1.165, 1.54) is 11.2 Å². The molecule has 1 aliphatic heterocycles. The molecule has 0 aliphatic carbocycles. The van der Waals surface area contributed by atoms with Gasteiger partial charge in [-0.25, -0.2) is 9.78 Å². The second-order valence-corrected chi connectivity index (χ2v) is 7.29. The van der Waals surface area contributed by atoms with Crippen LogP contribution >= 0.6 is 11.8 Å². The van der Waals surface area contributed by atoms with Gasteiger partial charge in [-0.05, 0) is 31.4 Å². The van der Waals surface area contributed by atoms with Gasteiger partial charge in [0.25, 0.3) is 0 Å². The van der Waals surface area contributed by atoms with Crippen molar-refractivity contribution in [2.45, 2.75) is 30.8 Å². The highest BCUT2D eigenvalue weighted by Crippen LogP contribution is 2.25. The summed E-state index contributed by atoms with van der Waals surface area (Å²) in [6, 6.07) is 10.5. The van der Waals surface area contributed by atoms with Crippen LogP contribution in [0.15, 0.2) is 47.9 Å². The lowest BCUT2D eigenvalue weighted by molar-refractivity contribution is 0.202. The van der Waals surface area contributed by atoms with Crippen molar-refractivity contribution in [1.29, 1.82) is 0 Å². The van der Waals surface area contributed by atoms with Crippen LogP contribution in [0, 0.1) is 5.92 Å². The summed E-state index contributed by atoms with van der Waals surface area (Å²) in [5, 5.41) is 7.11. The zero-order valence-corrected chi connectivity index (χ0v) is 14.7. The topological polar surface area (TPSA) is 63.1 Å². The van der Waals surface area contributed by atoms with Crippen molar-refractivity contribution in [3.63, 3.8) is 0 Å². The van der Waals surface area contributed by atoms with E-state index in [-0.39, 0.29) is 12.1 Å². The highest BCUT2D eigenvalue weighted by molar-refractivity contribution is 7.99. The predicted molar refractivity (Wildman–Crippen MR) is 94.9 cm³/mol. The smallest absolute Gasteiger partial charge is 0.317 e. The van der Waals surface area contributed by atoms with Gasteiger partial charge in [0, 0.05) is 29.8 Å². The summed E-state index contributed by atoms with van der Waals surface area (Å²) in [6.45, 7) is 4.29. The van der Waals surface area contributed by atoms with Crippen LogP contribution < -0.4 is 5.32 Å². The number of likely N-dealkylation sites (tertiary alicyclic amines) is 1. The Morgan fingerprint density at radius 3 is 3.00 bits per heavy atom. The minimum Gasteiger partial charge on any atom is -0.334 e. The number of carbonyl (C=O) groups is 1. The van der Waals surface area contributed by atoms with Crippen molar-refractivity contribution in [3.8, 4) is 0 Å². The molecule has 0 spiro atoms. The second-order valence-electron chi connectivity index (χ2n) is 6.19. The van der Waals surface area contributed by atoms with Crippen molar-refractivity contribution in [1.82, 2.24) is 25.0 Å². The molecule has 1 aliphatic rings. The first-order chi connectivity index (χ1) is 11.7. The molecule has 0 bridgehead atoms. The first-order valence-electron chi connectivity index (χ1n) is 8.26. The third-order valence-electron chi connectivity index (χ3n) is 4.10. The summed E-state index contributed by atoms with van der Waals surface area (Å²) in [6.07, 6.45) is 4.24. The highest BCUT2D eigenvalue weighted by atomic mass is 32.2. The van der Waals surface area contributed by atoms with E-state index < -0.39 is 0 Å². The Morgan fingerprint density at radius 2 is 2.25 bits per heavy atom. The summed E-state index contributed by atoms with van der Waals surface area (Å²) in [4.78, 5) is 19.5. The average molecular weight is 345 g/mol. The van der Waals surface area contributed by atoms with E-state index >= 15 is 0 Å². The lowest BCUT2D eigenvalue weighted by Gasteiger charge is -2.21. The fourth-order valence-electron chi connectivity index (χ4n) is 2.84. The van der Waals surface area contributed by atoms with Crippen molar-refractivity contribution in [3.05, 3.63) is 43.0 Å². The van der Waals surface area contributed by atoms with Crippen LogP contribution in [0.1, 0.15) is 13.3 Å². The number of thioether (sulfide) groups is 1. The Hall–Kier alpha value is -2.02. The van der Waals surface area contributed by atoms with E-state index in [0.29, 0.717) is 12.5 Å². The van der Waals surface area contributed by atoms with E-state index in [1.807, 2.05) is 29.7 Å². The molecular weight excluding hydrogens is 322 g/mol. The fourth-order valence-corrected chi connectivity index (χ4v) is 3.89. The molecule has 2 heterocycles. The van der Waals surface area contributed by atoms with Crippen LogP contribution in [-0.2, 0) is 6.54 Å². The molecular formula is C17H23N5OS. The van der Waals surface area contributed by atoms with Gasteiger partial charge in [-0.15, -0.1) is 11.8 Å². The number of amides is 2. The van der Waals surface area contributed by atoms with E-state index in [9.17, 15) is 4.79 Å². The molecule has 128 valence electrons. The van der Waals surface area contributed by atoms with Crippen molar-refractivity contribution in [2.75, 3.05) is 18.8 Å². The average Bonchev–Trinajstić information content (AvgIpc) is 3.25. The molecule has 1 aromatic carbocycles. The third-order valence-corrected chi connectivity index (χ3v) is 5.34. The van der Waals surface area contributed by atoms with Gasteiger partial charge in [-0.1, -0.05) is 18.2 Å². The first-order valence-corrected chi connectivity index (χ1v) is 9.25. The molecule has 2 aromatic rings. The number of hydrogen-bond donors (Lipinski definition) is 1. The molecule has 2 atom stereocenters. The maximum atomic E-state index is 12.4. The Balaban J connectivity index is 1.40. The van der Waals surface area contributed by atoms with E-state index in [1.54, 1.807) is 11.0 Å². The number of nitrogens with one attached hydrogen (secondary N) is 1. The lowest BCUT2D eigenvalue weighted by atomic mass is 10.2. The van der Waals surface area contributed by atoms with E-state index in [4.69, 9.17) is 0 Å². The lowest BCUT2D eigenvalue weighted by Crippen LogP contribution is -2.44. The molecule has 1 fully saturated rings. The molecule has 7 heteroatoms. The van der Waals surface area contributed by atoms with Crippen molar-refractivity contribution in [2.24, 2.45) is 5.92 Å². The minimum absolute atomic E-state index is 0.0230. The zero-order chi connectivity index (χ0) is 16.8. The molecule has 0 unspecified atom stereocenters. The summed E-state index contributed by atoms with van der Waals surface area (Å²) in [5.41, 5.74) is 0. The van der Waals surface area contributed by atoms with Gasteiger partial charge in [-0.2, -0.15) is 5.10 Å². The number of aromatic nitrogens is 3. The highest BCUT2D eigenvalue weighted by Gasteiger charge is 2.26. The Bertz CT molecular complexity index is 634. The summed E-state index contributed by atoms with van der Waals surface area (Å²) in [5.74, 6) is 1.62. The van der Waals surface area contributed by atoms with E-state index in [2.05, 4.69) is 39.7 Å². The molecule has 1 aromatic heterocycles. The number of urea groups is 1. The quantitative estimate of drug-likeness (QED) is 0.817. The van der Waals surface area contributed by atoms with Crippen LogP contribution in [0.5, 0.6) is 0 Å².